The summed E-state index contributed by atoms with van der Waals surface area (Å²) in [7, 11) is 2.21. The number of ether oxygens (including phenoxy) is 1. The van der Waals surface area contributed by atoms with Crippen LogP contribution in [0.25, 0.3) is 0 Å². The van der Waals surface area contributed by atoms with E-state index in [-0.39, 0.29) is 6.09 Å². The van der Waals surface area contributed by atoms with E-state index >= 15 is 0 Å². The lowest BCUT2D eigenvalue weighted by atomic mass is 9.98. The summed E-state index contributed by atoms with van der Waals surface area (Å²) in [6.07, 6.45) is 5.87. The molecule has 2 aliphatic heterocycles. The molecule has 1 N–H and O–H groups in total. The summed E-state index contributed by atoms with van der Waals surface area (Å²) >= 11 is 0. The number of carbonyl (C=O) groups excluding carboxylic acids is 1. The maximum absolute atomic E-state index is 12.3. The smallest absolute Gasteiger partial charge is 0.410 e. The molecule has 0 radical (unpaired) electrons. The number of rotatable bonds is 3. The highest BCUT2D eigenvalue weighted by atomic mass is 16.6. The molecule has 2 heterocycles. The highest BCUT2D eigenvalue weighted by Crippen LogP contribution is 2.17. The Balaban J connectivity index is 1.80. The Labute approximate surface area is 141 Å². The summed E-state index contributed by atoms with van der Waals surface area (Å²) in [6, 6.07) is 0.400. The Bertz CT molecular complexity index is 381. The van der Waals surface area contributed by atoms with Crippen molar-refractivity contribution in [3.8, 4) is 0 Å². The molecule has 2 atom stereocenters. The first kappa shape index (κ1) is 18.5. The van der Waals surface area contributed by atoms with Gasteiger partial charge in [0.15, 0.2) is 0 Å². The zero-order valence-corrected chi connectivity index (χ0v) is 15.4. The molecule has 0 aromatic heterocycles. The third-order valence-electron chi connectivity index (χ3n) is 4.74. The van der Waals surface area contributed by atoms with Crippen molar-refractivity contribution in [1.29, 1.82) is 0 Å². The minimum Gasteiger partial charge on any atom is -0.444 e. The molecule has 0 bridgehead atoms. The largest absolute Gasteiger partial charge is 0.444 e. The van der Waals surface area contributed by atoms with E-state index in [1.54, 1.807) is 0 Å². The molecule has 23 heavy (non-hydrogen) atoms. The fraction of sp³-hybridized carbons (Fsp3) is 0.944. The molecule has 0 spiro atoms. The molecule has 2 fully saturated rings. The highest BCUT2D eigenvalue weighted by molar-refractivity contribution is 5.68. The van der Waals surface area contributed by atoms with Crippen molar-refractivity contribution in [2.75, 3.05) is 39.8 Å². The molecule has 2 saturated heterocycles. The fourth-order valence-electron chi connectivity index (χ4n) is 3.57. The summed E-state index contributed by atoms with van der Waals surface area (Å²) in [4.78, 5) is 16.6. The van der Waals surface area contributed by atoms with Crippen molar-refractivity contribution in [2.24, 2.45) is 5.92 Å². The van der Waals surface area contributed by atoms with Crippen molar-refractivity contribution in [1.82, 2.24) is 15.1 Å². The van der Waals surface area contributed by atoms with E-state index in [9.17, 15) is 4.79 Å². The topological polar surface area (TPSA) is 44.8 Å². The van der Waals surface area contributed by atoms with Crippen LogP contribution in [-0.2, 0) is 4.74 Å². The second-order valence-electron chi connectivity index (χ2n) is 8.30. The standard InChI is InChI=1S/C18H35N3O2/c1-18(2,3)23-17(22)21-11-6-5-9-16(14-21)19-12-15-8-7-10-20(4)13-15/h15-16,19H,5-14H2,1-4H3. The van der Waals surface area contributed by atoms with E-state index in [1.807, 2.05) is 25.7 Å². The zero-order chi connectivity index (χ0) is 16.9. The Morgan fingerprint density at radius 3 is 2.61 bits per heavy atom. The first-order valence-electron chi connectivity index (χ1n) is 9.23. The Morgan fingerprint density at radius 2 is 1.91 bits per heavy atom. The van der Waals surface area contributed by atoms with Gasteiger partial charge in [0.1, 0.15) is 5.60 Å². The molecule has 2 unspecified atom stereocenters. The Morgan fingerprint density at radius 1 is 1.13 bits per heavy atom. The summed E-state index contributed by atoms with van der Waals surface area (Å²) in [6.45, 7) is 10.9. The van der Waals surface area contributed by atoms with E-state index in [1.165, 1.54) is 32.4 Å². The van der Waals surface area contributed by atoms with Crippen LogP contribution in [0.5, 0.6) is 0 Å². The van der Waals surface area contributed by atoms with Gasteiger partial charge in [0, 0.05) is 25.7 Å². The van der Waals surface area contributed by atoms with Crippen LogP contribution in [0.3, 0.4) is 0 Å². The molecular weight excluding hydrogens is 290 g/mol. The predicted octanol–water partition coefficient (Wildman–Crippen LogP) is 2.71. The van der Waals surface area contributed by atoms with Crippen LogP contribution in [0.1, 0.15) is 52.9 Å². The molecule has 1 amide bonds. The SMILES string of the molecule is CN1CCCC(CNC2CCCCN(C(=O)OC(C)(C)C)C2)C1. The lowest BCUT2D eigenvalue weighted by Crippen LogP contribution is -2.46. The second kappa shape index (κ2) is 8.34. The highest BCUT2D eigenvalue weighted by Gasteiger charge is 2.27. The maximum atomic E-state index is 12.3. The first-order valence-corrected chi connectivity index (χ1v) is 9.23. The minimum atomic E-state index is -0.418. The number of hydrogen-bond acceptors (Lipinski definition) is 4. The number of hydrogen-bond donors (Lipinski definition) is 1. The van der Waals surface area contributed by atoms with Gasteiger partial charge in [-0.3, -0.25) is 0 Å². The first-order chi connectivity index (χ1) is 10.8. The van der Waals surface area contributed by atoms with Crippen LogP contribution in [0, 0.1) is 5.92 Å². The normalized spacial score (nSPS) is 27.6. The van der Waals surface area contributed by atoms with Crippen molar-refractivity contribution in [3.63, 3.8) is 0 Å². The van der Waals surface area contributed by atoms with Crippen molar-refractivity contribution >= 4 is 6.09 Å². The fourth-order valence-corrected chi connectivity index (χ4v) is 3.57. The number of carbonyl (C=O) groups is 1. The molecule has 2 rings (SSSR count). The van der Waals surface area contributed by atoms with Gasteiger partial charge in [0.05, 0.1) is 0 Å². The Kier molecular flexibility index (Phi) is 6.72. The van der Waals surface area contributed by atoms with Crippen LogP contribution < -0.4 is 5.32 Å². The molecule has 0 aromatic carbocycles. The quantitative estimate of drug-likeness (QED) is 0.866. The van der Waals surface area contributed by atoms with Crippen molar-refractivity contribution < 1.29 is 9.53 Å². The van der Waals surface area contributed by atoms with E-state index in [0.29, 0.717) is 6.04 Å². The van der Waals surface area contributed by atoms with Gasteiger partial charge in [0.2, 0.25) is 0 Å². The average molecular weight is 325 g/mol. The number of likely N-dealkylation sites (tertiary alicyclic amines) is 2. The molecule has 5 nitrogen and oxygen atoms in total. The number of piperidine rings is 1. The third kappa shape index (κ3) is 6.68. The lowest BCUT2D eigenvalue weighted by molar-refractivity contribution is 0.0242. The summed E-state index contributed by atoms with van der Waals surface area (Å²) < 4.78 is 5.54. The van der Waals surface area contributed by atoms with Crippen LogP contribution >= 0.6 is 0 Å². The van der Waals surface area contributed by atoms with E-state index < -0.39 is 5.60 Å². The van der Waals surface area contributed by atoms with Crippen molar-refractivity contribution in [2.45, 2.75) is 64.5 Å². The molecule has 0 saturated carbocycles. The third-order valence-corrected chi connectivity index (χ3v) is 4.74. The molecule has 0 aliphatic carbocycles. The van der Waals surface area contributed by atoms with Gasteiger partial charge in [-0.05, 0) is 72.5 Å². The Hall–Kier alpha value is -0.810. The monoisotopic (exact) mass is 325 g/mol. The van der Waals surface area contributed by atoms with Crippen LogP contribution in [0.4, 0.5) is 4.79 Å². The molecule has 134 valence electrons. The van der Waals surface area contributed by atoms with Crippen LogP contribution in [0.2, 0.25) is 0 Å². The summed E-state index contributed by atoms with van der Waals surface area (Å²) in [5.74, 6) is 0.743. The van der Waals surface area contributed by atoms with Crippen LogP contribution in [0.15, 0.2) is 0 Å². The molecule has 2 aliphatic rings. The summed E-state index contributed by atoms with van der Waals surface area (Å²) in [5.41, 5.74) is -0.418. The number of amides is 1. The van der Waals surface area contributed by atoms with Gasteiger partial charge in [-0.25, -0.2) is 4.79 Å². The average Bonchev–Trinajstić information content (AvgIpc) is 2.69. The number of nitrogens with zero attached hydrogens (tertiary/aromatic N) is 2. The van der Waals surface area contributed by atoms with Gasteiger partial charge in [-0.2, -0.15) is 0 Å². The lowest BCUT2D eigenvalue weighted by Gasteiger charge is -2.32. The van der Waals surface area contributed by atoms with Crippen LogP contribution in [-0.4, -0.2) is 67.3 Å². The van der Waals surface area contributed by atoms with Crippen molar-refractivity contribution in [3.05, 3.63) is 0 Å². The maximum Gasteiger partial charge on any atom is 0.410 e. The van der Waals surface area contributed by atoms with Gasteiger partial charge in [0.25, 0.3) is 0 Å². The number of nitrogens with one attached hydrogen (secondary N) is 1. The second-order valence-corrected chi connectivity index (χ2v) is 8.30. The van der Waals surface area contributed by atoms with E-state index in [2.05, 4.69) is 17.3 Å². The molecule has 5 heteroatoms. The van der Waals surface area contributed by atoms with Gasteiger partial charge < -0.3 is 19.9 Å². The molecule has 0 aromatic rings. The van der Waals surface area contributed by atoms with Gasteiger partial charge in [-0.1, -0.05) is 6.42 Å². The zero-order valence-electron chi connectivity index (χ0n) is 15.4. The molecular formula is C18H35N3O2. The predicted molar refractivity (Wildman–Crippen MR) is 93.7 cm³/mol. The van der Waals surface area contributed by atoms with E-state index in [4.69, 9.17) is 4.74 Å². The minimum absolute atomic E-state index is 0.163. The van der Waals surface area contributed by atoms with E-state index in [0.717, 1.165) is 38.4 Å². The van der Waals surface area contributed by atoms with Gasteiger partial charge >= 0.3 is 6.09 Å². The summed E-state index contributed by atoms with van der Waals surface area (Å²) in [5, 5.41) is 3.72. The van der Waals surface area contributed by atoms with Gasteiger partial charge in [-0.15, -0.1) is 0 Å².